The molecule has 1 N–H and O–H groups in total. The Morgan fingerprint density at radius 2 is 2.09 bits per heavy atom. The Morgan fingerprint density at radius 1 is 1.30 bits per heavy atom. The summed E-state index contributed by atoms with van der Waals surface area (Å²) in [5, 5.41) is 9.98. The number of aromatic nitrogens is 2. The Kier molecular flexibility index (Phi) is 5.12. The van der Waals surface area contributed by atoms with E-state index in [2.05, 4.69) is 4.98 Å². The van der Waals surface area contributed by atoms with Gasteiger partial charge in [0.2, 0.25) is 17.2 Å². The van der Waals surface area contributed by atoms with E-state index in [0.717, 1.165) is 12.8 Å². The molecule has 0 radical (unpaired) electrons. The van der Waals surface area contributed by atoms with E-state index in [1.54, 1.807) is 29.3 Å². The third-order valence-electron chi connectivity index (χ3n) is 6.50. The van der Waals surface area contributed by atoms with Crippen molar-refractivity contribution in [2.24, 2.45) is 0 Å². The molecule has 1 amide bonds. The molecule has 0 bridgehead atoms. The van der Waals surface area contributed by atoms with Crippen LogP contribution in [0.15, 0.2) is 47.5 Å². The first-order chi connectivity index (χ1) is 15.8. The predicted molar refractivity (Wildman–Crippen MR) is 123 cm³/mol. The fourth-order valence-corrected chi connectivity index (χ4v) is 4.64. The number of rotatable bonds is 6. The summed E-state index contributed by atoms with van der Waals surface area (Å²) >= 11 is 6.57. The van der Waals surface area contributed by atoms with Gasteiger partial charge >= 0.3 is 5.97 Å². The van der Waals surface area contributed by atoms with Crippen molar-refractivity contribution in [3.8, 4) is 5.88 Å². The minimum Gasteiger partial charge on any atom is -0.477 e. The van der Waals surface area contributed by atoms with Crippen molar-refractivity contribution in [2.45, 2.75) is 44.2 Å². The van der Waals surface area contributed by atoms with Crippen molar-refractivity contribution in [2.75, 3.05) is 11.5 Å². The Hall–Kier alpha value is -3.39. The van der Waals surface area contributed by atoms with Crippen LogP contribution in [0, 0.1) is 0 Å². The summed E-state index contributed by atoms with van der Waals surface area (Å²) in [6.45, 7) is 2.26. The minimum absolute atomic E-state index is 0.0837. The van der Waals surface area contributed by atoms with Gasteiger partial charge < -0.3 is 19.3 Å². The van der Waals surface area contributed by atoms with Crippen LogP contribution in [0.3, 0.4) is 0 Å². The molecule has 1 aromatic carbocycles. The van der Waals surface area contributed by atoms with Gasteiger partial charge in [0.15, 0.2) is 0 Å². The fourth-order valence-electron chi connectivity index (χ4n) is 4.39. The molecule has 2 aliphatic rings. The van der Waals surface area contributed by atoms with Gasteiger partial charge in [-0.05, 0) is 44.4 Å². The van der Waals surface area contributed by atoms with Crippen LogP contribution in [0.25, 0.3) is 10.9 Å². The summed E-state index contributed by atoms with van der Waals surface area (Å²) in [7, 11) is 0. The number of carboxylic acid groups (broad SMARTS) is 1. The number of nitrogens with zero attached hydrogens (tertiary/aromatic N) is 3. The van der Waals surface area contributed by atoms with Crippen LogP contribution in [-0.2, 0) is 10.3 Å². The van der Waals surface area contributed by atoms with E-state index < -0.39 is 11.4 Å². The van der Waals surface area contributed by atoms with Crippen LogP contribution in [0.4, 0.5) is 5.69 Å². The number of hydrogen-bond donors (Lipinski definition) is 1. The first-order valence-electron chi connectivity index (χ1n) is 10.8. The zero-order chi connectivity index (χ0) is 23.3. The summed E-state index contributed by atoms with van der Waals surface area (Å²) < 4.78 is 7.64. The van der Waals surface area contributed by atoms with Crippen LogP contribution >= 0.6 is 11.6 Å². The quantitative estimate of drug-likeness (QED) is 0.591. The standard InChI is InChI=1S/C24H22ClN3O5/c1-24(7-8-24)27-12-16(23(31)32)22(30)15-10-17(25)19(11-18(15)27)28-14(5-6-21(28)29)13-33-20-4-2-3-9-26-20/h2-4,9-12,14H,5-8,13H2,1H3,(H,31,32)/t14-/m0/s1. The highest BCUT2D eigenvalue weighted by Gasteiger charge is 2.41. The molecule has 33 heavy (non-hydrogen) atoms. The second kappa shape index (κ2) is 7.88. The lowest BCUT2D eigenvalue weighted by atomic mass is 10.1. The van der Waals surface area contributed by atoms with E-state index >= 15 is 0 Å². The summed E-state index contributed by atoms with van der Waals surface area (Å²) in [5.74, 6) is -0.890. The lowest BCUT2D eigenvalue weighted by Crippen LogP contribution is -2.37. The summed E-state index contributed by atoms with van der Waals surface area (Å²) in [5.41, 5.74) is -0.111. The molecule has 1 atom stereocenters. The Bertz CT molecular complexity index is 1330. The summed E-state index contributed by atoms with van der Waals surface area (Å²) in [4.78, 5) is 43.2. The lowest BCUT2D eigenvalue weighted by Gasteiger charge is -2.27. The Balaban J connectivity index is 1.59. The molecule has 2 fully saturated rings. The molecular weight excluding hydrogens is 446 g/mol. The van der Waals surface area contributed by atoms with Crippen LogP contribution < -0.4 is 15.1 Å². The summed E-state index contributed by atoms with van der Waals surface area (Å²) in [6, 6.07) is 8.33. The molecule has 0 spiro atoms. The zero-order valence-corrected chi connectivity index (χ0v) is 18.7. The smallest absolute Gasteiger partial charge is 0.341 e. The number of anilines is 1. The maximum absolute atomic E-state index is 12.9. The number of pyridine rings is 2. The molecule has 3 heterocycles. The molecule has 8 nitrogen and oxygen atoms in total. The van der Waals surface area contributed by atoms with Crippen molar-refractivity contribution >= 4 is 40.1 Å². The van der Waals surface area contributed by atoms with Gasteiger partial charge in [-0.1, -0.05) is 17.7 Å². The van der Waals surface area contributed by atoms with Crippen molar-refractivity contribution in [3.05, 3.63) is 63.5 Å². The number of carbonyl (C=O) groups is 2. The second-order valence-electron chi connectivity index (χ2n) is 8.80. The number of halogens is 1. The molecule has 3 aromatic rings. The van der Waals surface area contributed by atoms with E-state index in [4.69, 9.17) is 16.3 Å². The number of amides is 1. The van der Waals surface area contributed by atoms with E-state index in [9.17, 15) is 19.5 Å². The highest BCUT2D eigenvalue weighted by Crippen LogP contribution is 2.45. The molecule has 1 aliphatic carbocycles. The maximum Gasteiger partial charge on any atom is 0.341 e. The third kappa shape index (κ3) is 3.74. The van der Waals surface area contributed by atoms with Crippen molar-refractivity contribution < 1.29 is 19.4 Å². The SMILES string of the molecule is CC1(n2cc(C(=O)O)c(=O)c3cc(Cl)c(N4C(=O)CC[C@H]4COc4ccccn4)cc32)CC1. The van der Waals surface area contributed by atoms with Gasteiger partial charge in [-0.3, -0.25) is 9.59 Å². The number of carboxylic acids is 1. The van der Waals surface area contributed by atoms with Crippen LogP contribution in [0.5, 0.6) is 5.88 Å². The number of ether oxygens (including phenoxy) is 1. The highest BCUT2D eigenvalue weighted by molar-refractivity contribution is 6.34. The number of fused-ring (bicyclic) bond motifs is 1. The second-order valence-corrected chi connectivity index (χ2v) is 9.21. The number of carbonyl (C=O) groups excluding carboxylic acids is 1. The number of aromatic carboxylic acids is 1. The first-order valence-corrected chi connectivity index (χ1v) is 11.1. The zero-order valence-electron chi connectivity index (χ0n) is 18.0. The van der Waals surface area contributed by atoms with Gasteiger partial charge in [0, 0.05) is 35.8 Å². The van der Waals surface area contributed by atoms with Crippen molar-refractivity contribution in [1.82, 2.24) is 9.55 Å². The van der Waals surface area contributed by atoms with Gasteiger partial charge in [0.1, 0.15) is 12.2 Å². The molecule has 1 saturated carbocycles. The lowest BCUT2D eigenvalue weighted by molar-refractivity contribution is -0.117. The third-order valence-corrected chi connectivity index (χ3v) is 6.81. The highest BCUT2D eigenvalue weighted by atomic mass is 35.5. The molecule has 170 valence electrons. The van der Waals surface area contributed by atoms with Crippen LogP contribution in [-0.4, -0.2) is 39.2 Å². The molecular formula is C24H22ClN3O5. The van der Waals surface area contributed by atoms with E-state index in [1.165, 1.54) is 12.3 Å². The van der Waals surface area contributed by atoms with Gasteiger partial charge in [0.25, 0.3) is 0 Å². The molecule has 2 aromatic heterocycles. The number of hydrogen-bond acceptors (Lipinski definition) is 5. The van der Waals surface area contributed by atoms with Crippen LogP contribution in [0.2, 0.25) is 5.02 Å². The molecule has 1 aliphatic heterocycles. The average Bonchev–Trinajstić information content (AvgIpc) is 3.44. The van der Waals surface area contributed by atoms with Gasteiger partial charge in [-0.2, -0.15) is 0 Å². The molecule has 0 unspecified atom stereocenters. The monoisotopic (exact) mass is 467 g/mol. The minimum atomic E-state index is -1.28. The molecule has 9 heteroatoms. The van der Waals surface area contributed by atoms with Crippen molar-refractivity contribution in [1.29, 1.82) is 0 Å². The van der Waals surface area contributed by atoms with E-state index in [1.807, 2.05) is 17.6 Å². The predicted octanol–water partition coefficient (Wildman–Crippen LogP) is 3.83. The summed E-state index contributed by atoms with van der Waals surface area (Å²) in [6.07, 6.45) is 5.73. The van der Waals surface area contributed by atoms with E-state index in [-0.39, 0.29) is 40.1 Å². The maximum atomic E-state index is 12.9. The van der Waals surface area contributed by atoms with Crippen molar-refractivity contribution in [3.63, 3.8) is 0 Å². The topological polar surface area (TPSA) is 102 Å². The van der Waals surface area contributed by atoms with Gasteiger partial charge in [0.05, 0.1) is 22.3 Å². The van der Waals surface area contributed by atoms with E-state index in [0.29, 0.717) is 29.9 Å². The Labute approximate surface area is 194 Å². The first kappa shape index (κ1) is 21.5. The fraction of sp³-hybridized carbons (Fsp3) is 0.333. The van der Waals surface area contributed by atoms with Gasteiger partial charge in [-0.25, -0.2) is 9.78 Å². The number of benzene rings is 1. The average molecular weight is 468 g/mol. The normalized spacial score (nSPS) is 19.2. The van der Waals surface area contributed by atoms with Gasteiger partial charge in [-0.15, -0.1) is 0 Å². The van der Waals surface area contributed by atoms with Crippen LogP contribution in [0.1, 0.15) is 43.0 Å². The molecule has 5 rings (SSSR count). The largest absolute Gasteiger partial charge is 0.477 e. The molecule has 1 saturated heterocycles. The Morgan fingerprint density at radius 3 is 2.76 bits per heavy atom.